The van der Waals surface area contributed by atoms with Crippen LogP contribution in [0, 0.1) is 0 Å². The fraction of sp³-hybridized carbons (Fsp3) is 0.333. The minimum atomic E-state index is -3.90. The largest absolute Gasteiger partial charge is 0.378 e. The molecule has 0 aliphatic carbocycles. The van der Waals surface area contributed by atoms with Crippen LogP contribution in [0.2, 0.25) is 0 Å². The van der Waals surface area contributed by atoms with Crippen LogP contribution >= 0.6 is 0 Å². The fourth-order valence-electron chi connectivity index (χ4n) is 3.56. The maximum atomic E-state index is 13.7. The van der Waals surface area contributed by atoms with E-state index in [2.05, 4.69) is 31.1 Å². The summed E-state index contributed by atoms with van der Waals surface area (Å²) in [5.74, 6) is -0.235. The van der Waals surface area contributed by atoms with Crippen molar-refractivity contribution in [1.29, 1.82) is 0 Å². The van der Waals surface area contributed by atoms with Gasteiger partial charge in [-0.3, -0.25) is 14.1 Å². The van der Waals surface area contributed by atoms with E-state index < -0.39 is 10.0 Å². The highest BCUT2D eigenvalue weighted by Gasteiger charge is 2.26. The van der Waals surface area contributed by atoms with Crippen LogP contribution in [-0.4, -0.2) is 39.9 Å². The first-order valence-electron chi connectivity index (χ1n) is 11.5. The van der Waals surface area contributed by atoms with Gasteiger partial charge in [0, 0.05) is 51.7 Å². The molecule has 3 aromatic rings. The minimum Gasteiger partial charge on any atom is -0.378 e. The van der Waals surface area contributed by atoms with E-state index in [1.54, 1.807) is 36.7 Å². The third kappa shape index (κ3) is 6.82. The lowest BCUT2D eigenvalue weighted by molar-refractivity contribution is -0.121. The number of hydrogen-bond acceptors (Lipinski definition) is 5. The van der Waals surface area contributed by atoms with Crippen LogP contribution in [0.3, 0.4) is 0 Å². The summed E-state index contributed by atoms with van der Waals surface area (Å²) in [6.45, 7) is 6.60. The molecule has 0 spiro atoms. The lowest BCUT2D eigenvalue weighted by atomic mass is 9.87. The number of rotatable bonds is 9. The predicted octanol–water partition coefficient (Wildman–Crippen LogP) is 4.35. The van der Waals surface area contributed by atoms with E-state index in [1.807, 2.05) is 55.4 Å². The summed E-state index contributed by atoms with van der Waals surface area (Å²) >= 11 is 0. The van der Waals surface area contributed by atoms with Crippen LogP contribution < -0.4 is 14.5 Å². The first-order chi connectivity index (χ1) is 16.5. The number of aromatic nitrogens is 1. The molecule has 0 unspecified atom stereocenters. The van der Waals surface area contributed by atoms with E-state index >= 15 is 0 Å². The molecule has 0 saturated heterocycles. The molecule has 1 amide bonds. The number of benzene rings is 2. The van der Waals surface area contributed by atoms with Crippen molar-refractivity contribution in [3.8, 4) is 0 Å². The summed E-state index contributed by atoms with van der Waals surface area (Å²) < 4.78 is 28.8. The number of carbonyl (C=O) groups excluding carboxylic acids is 1. The number of nitrogens with zero attached hydrogens (tertiary/aromatic N) is 3. The number of nitrogens with one attached hydrogen (secondary N) is 1. The van der Waals surface area contributed by atoms with Crippen molar-refractivity contribution in [1.82, 2.24) is 10.3 Å². The molecule has 7 nitrogen and oxygen atoms in total. The SMILES string of the molecule is CN(C)c1cccc(N(CCC(=O)NCc2cccnc2)S(=O)(=O)c2ccc(C(C)(C)C)cc2)c1. The van der Waals surface area contributed by atoms with E-state index in [-0.39, 0.29) is 29.2 Å². The molecule has 0 aliphatic heterocycles. The van der Waals surface area contributed by atoms with Crippen molar-refractivity contribution in [3.05, 3.63) is 84.2 Å². The summed E-state index contributed by atoms with van der Waals surface area (Å²) in [7, 11) is -0.101. The molecule has 1 aromatic heterocycles. The monoisotopic (exact) mass is 494 g/mol. The Bertz CT molecular complexity index is 1240. The van der Waals surface area contributed by atoms with E-state index in [9.17, 15) is 13.2 Å². The predicted molar refractivity (Wildman–Crippen MR) is 141 cm³/mol. The van der Waals surface area contributed by atoms with Gasteiger partial charge in [0.25, 0.3) is 10.0 Å². The van der Waals surface area contributed by atoms with Crippen LogP contribution in [-0.2, 0) is 26.8 Å². The van der Waals surface area contributed by atoms with Gasteiger partial charge in [0.05, 0.1) is 10.6 Å². The Morgan fingerprint density at radius 3 is 2.26 bits per heavy atom. The van der Waals surface area contributed by atoms with Gasteiger partial charge in [0.1, 0.15) is 0 Å². The minimum absolute atomic E-state index is 0.0130. The molecule has 3 rings (SSSR count). The van der Waals surface area contributed by atoms with Crippen molar-refractivity contribution in [2.75, 3.05) is 29.8 Å². The average molecular weight is 495 g/mol. The van der Waals surface area contributed by atoms with Gasteiger partial charge in [-0.2, -0.15) is 0 Å². The lowest BCUT2D eigenvalue weighted by Gasteiger charge is -2.26. The number of sulfonamides is 1. The molecule has 0 fully saturated rings. The van der Waals surface area contributed by atoms with Gasteiger partial charge in [0.15, 0.2) is 0 Å². The standard InChI is InChI=1S/C27H34N4O3S/c1-27(2,3)22-11-13-25(14-12-22)35(33,34)31(24-10-6-9-23(18-24)30(4)5)17-15-26(32)29-20-21-8-7-16-28-19-21/h6-14,16,18-19H,15,17,20H2,1-5H3,(H,29,32). The third-order valence-corrected chi connectivity index (χ3v) is 7.54. The van der Waals surface area contributed by atoms with Crippen LogP contribution in [0.25, 0.3) is 0 Å². The van der Waals surface area contributed by atoms with Crippen molar-refractivity contribution in [2.45, 2.75) is 44.0 Å². The second-order valence-corrected chi connectivity index (χ2v) is 11.5. The number of amides is 1. The molecule has 0 radical (unpaired) electrons. The normalized spacial score (nSPS) is 11.7. The Morgan fingerprint density at radius 1 is 0.971 bits per heavy atom. The summed E-state index contributed by atoms with van der Waals surface area (Å²) in [5, 5.41) is 2.84. The number of hydrogen-bond donors (Lipinski definition) is 1. The molecule has 0 aliphatic rings. The first kappa shape index (κ1) is 26.2. The summed E-state index contributed by atoms with van der Waals surface area (Å²) in [6.07, 6.45) is 3.38. The Morgan fingerprint density at radius 2 is 1.66 bits per heavy atom. The lowest BCUT2D eigenvalue weighted by Crippen LogP contribution is -2.35. The second-order valence-electron chi connectivity index (χ2n) is 9.65. The Balaban J connectivity index is 1.86. The third-order valence-electron chi connectivity index (χ3n) is 5.70. The summed E-state index contributed by atoms with van der Waals surface area (Å²) in [6, 6.07) is 17.9. The van der Waals surface area contributed by atoms with Gasteiger partial charge >= 0.3 is 0 Å². The quantitative estimate of drug-likeness (QED) is 0.478. The highest BCUT2D eigenvalue weighted by atomic mass is 32.2. The van der Waals surface area contributed by atoms with E-state index in [1.165, 1.54) is 4.31 Å². The molecule has 0 atom stereocenters. The average Bonchev–Trinajstić information content (AvgIpc) is 2.83. The van der Waals surface area contributed by atoms with Crippen LogP contribution in [0.15, 0.2) is 78.0 Å². The van der Waals surface area contributed by atoms with E-state index in [0.29, 0.717) is 12.2 Å². The highest BCUT2D eigenvalue weighted by molar-refractivity contribution is 7.92. The number of anilines is 2. The fourth-order valence-corrected chi connectivity index (χ4v) is 5.02. The van der Waals surface area contributed by atoms with E-state index in [4.69, 9.17) is 0 Å². The second kappa shape index (κ2) is 10.9. The van der Waals surface area contributed by atoms with Crippen LogP contribution in [0.5, 0.6) is 0 Å². The maximum absolute atomic E-state index is 13.7. The van der Waals surface area contributed by atoms with Gasteiger partial charge in [-0.05, 0) is 52.9 Å². The zero-order chi connectivity index (χ0) is 25.6. The number of pyridine rings is 1. The Labute approximate surface area is 208 Å². The summed E-state index contributed by atoms with van der Waals surface area (Å²) in [5.41, 5.74) is 3.22. The molecular weight excluding hydrogens is 460 g/mol. The molecule has 1 heterocycles. The van der Waals surface area contributed by atoms with Gasteiger partial charge < -0.3 is 10.2 Å². The molecule has 35 heavy (non-hydrogen) atoms. The zero-order valence-corrected chi connectivity index (χ0v) is 21.8. The maximum Gasteiger partial charge on any atom is 0.264 e. The van der Waals surface area contributed by atoms with Gasteiger partial charge in [-0.25, -0.2) is 8.42 Å². The first-order valence-corrected chi connectivity index (χ1v) is 13.0. The highest BCUT2D eigenvalue weighted by Crippen LogP contribution is 2.29. The van der Waals surface area contributed by atoms with E-state index in [0.717, 1.165) is 16.8 Å². The molecule has 0 saturated carbocycles. The van der Waals surface area contributed by atoms with Gasteiger partial charge in [0.2, 0.25) is 5.91 Å². The molecule has 8 heteroatoms. The Kier molecular flexibility index (Phi) is 8.17. The number of carbonyl (C=O) groups is 1. The van der Waals surface area contributed by atoms with Crippen molar-refractivity contribution >= 4 is 27.3 Å². The molecule has 2 aromatic carbocycles. The summed E-state index contributed by atoms with van der Waals surface area (Å²) in [4.78, 5) is 18.7. The topological polar surface area (TPSA) is 82.6 Å². The van der Waals surface area contributed by atoms with Gasteiger partial charge in [-0.1, -0.05) is 45.0 Å². The van der Waals surface area contributed by atoms with Crippen molar-refractivity contribution in [3.63, 3.8) is 0 Å². The molecular formula is C27H34N4O3S. The van der Waals surface area contributed by atoms with Crippen LogP contribution in [0.4, 0.5) is 11.4 Å². The van der Waals surface area contributed by atoms with Crippen molar-refractivity contribution < 1.29 is 13.2 Å². The Hall–Kier alpha value is -3.39. The van der Waals surface area contributed by atoms with Gasteiger partial charge in [-0.15, -0.1) is 0 Å². The van der Waals surface area contributed by atoms with Crippen LogP contribution in [0.1, 0.15) is 38.3 Å². The molecule has 186 valence electrons. The molecule has 1 N–H and O–H groups in total. The van der Waals surface area contributed by atoms with Crippen molar-refractivity contribution in [2.24, 2.45) is 0 Å². The zero-order valence-electron chi connectivity index (χ0n) is 21.0. The molecule has 0 bridgehead atoms. The smallest absolute Gasteiger partial charge is 0.264 e.